The normalized spacial score (nSPS) is 22.2. The van der Waals surface area contributed by atoms with Gasteiger partial charge in [0.05, 0.1) is 5.92 Å². The molecule has 0 aliphatic carbocycles. The zero-order valence-corrected chi connectivity index (χ0v) is 13.8. The van der Waals surface area contributed by atoms with Gasteiger partial charge in [0.25, 0.3) is 0 Å². The first kappa shape index (κ1) is 16.5. The molecule has 1 aromatic heterocycles. The highest BCUT2D eigenvalue weighted by Gasteiger charge is 2.31. The minimum absolute atomic E-state index is 0.134. The van der Waals surface area contributed by atoms with Crippen LogP contribution < -0.4 is 10.6 Å². The van der Waals surface area contributed by atoms with Crippen LogP contribution in [0.4, 0.5) is 10.7 Å². The fraction of sp³-hybridized carbons (Fsp3) is 0.625. The van der Waals surface area contributed by atoms with E-state index in [1.54, 1.807) is 23.4 Å². The summed E-state index contributed by atoms with van der Waals surface area (Å²) in [5.74, 6) is 0.715. The van der Waals surface area contributed by atoms with Gasteiger partial charge in [0.15, 0.2) is 0 Å². The smallest absolute Gasteiger partial charge is 0.314 e. The van der Waals surface area contributed by atoms with E-state index in [0.717, 1.165) is 38.9 Å². The van der Waals surface area contributed by atoms with Crippen LogP contribution in [-0.4, -0.2) is 71.0 Å². The lowest BCUT2D eigenvalue weighted by molar-refractivity contribution is -0.136. The van der Waals surface area contributed by atoms with Crippen molar-refractivity contribution in [3.8, 4) is 0 Å². The van der Waals surface area contributed by atoms with Crippen LogP contribution in [0.2, 0.25) is 0 Å². The van der Waals surface area contributed by atoms with Gasteiger partial charge in [-0.25, -0.2) is 14.8 Å². The third-order valence-corrected chi connectivity index (χ3v) is 4.72. The van der Waals surface area contributed by atoms with Gasteiger partial charge in [0.2, 0.25) is 11.9 Å². The van der Waals surface area contributed by atoms with E-state index in [2.05, 4.69) is 14.9 Å². The third-order valence-electron chi connectivity index (χ3n) is 4.72. The number of piperidine rings is 1. The quantitative estimate of drug-likeness (QED) is 0.841. The molecule has 2 fully saturated rings. The number of likely N-dealkylation sites (tertiary alicyclic amines) is 1. The number of primary amides is 1. The van der Waals surface area contributed by atoms with E-state index in [0.29, 0.717) is 25.6 Å². The van der Waals surface area contributed by atoms with Gasteiger partial charge in [-0.1, -0.05) is 0 Å². The Morgan fingerprint density at radius 1 is 1.00 bits per heavy atom. The van der Waals surface area contributed by atoms with E-state index >= 15 is 0 Å². The van der Waals surface area contributed by atoms with E-state index in [4.69, 9.17) is 5.73 Å². The molecule has 24 heavy (non-hydrogen) atoms. The molecule has 0 unspecified atom stereocenters. The maximum absolute atomic E-state index is 12.8. The Labute approximate surface area is 141 Å². The molecule has 2 saturated heterocycles. The standard InChI is InChI=1S/C16H24N6O2/c17-15(24)22-7-1-4-13(12-22)14(23)20-8-3-9-21(11-10-20)16-18-5-2-6-19-16/h2,5-6,13H,1,3-4,7-12H2,(H2,17,24)/t13-/m0/s1. The van der Waals surface area contributed by atoms with Crippen LogP contribution in [0.15, 0.2) is 18.5 Å². The van der Waals surface area contributed by atoms with Crippen molar-refractivity contribution in [1.82, 2.24) is 19.8 Å². The molecular weight excluding hydrogens is 308 g/mol. The zero-order valence-electron chi connectivity index (χ0n) is 13.8. The van der Waals surface area contributed by atoms with Crippen LogP contribution in [0.3, 0.4) is 0 Å². The summed E-state index contributed by atoms with van der Waals surface area (Å²) in [4.78, 5) is 38.4. The summed E-state index contributed by atoms with van der Waals surface area (Å²) >= 11 is 0. The summed E-state index contributed by atoms with van der Waals surface area (Å²) in [5, 5.41) is 0. The largest absolute Gasteiger partial charge is 0.351 e. The summed E-state index contributed by atoms with van der Waals surface area (Å²) in [5.41, 5.74) is 5.36. The fourth-order valence-electron chi connectivity index (χ4n) is 3.43. The van der Waals surface area contributed by atoms with Gasteiger partial charge in [0, 0.05) is 51.7 Å². The molecule has 3 heterocycles. The number of amides is 3. The second kappa shape index (κ2) is 7.46. The number of rotatable bonds is 2. The Hall–Kier alpha value is -2.38. The molecule has 0 aromatic carbocycles. The number of carbonyl (C=O) groups excluding carboxylic acids is 2. The Kier molecular flexibility index (Phi) is 5.12. The molecule has 1 atom stereocenters. The van der Waals surface area contributed by atoms with Crippen molar-refractivity contribution in [2.24, 2.45) is 11.7 Å². The van der Waals surface area contributed by atoms with Gasteiger partial charge in [-0.15, -0.1) is 0 Å². The molecule has 0 bridgehead atoms. The summed E-state index contributed by atoms with van der Waals surface area (Å²) in [6.45, 7) is 4.04. The highest BCUT2D eigenvalue weighted by Crippen LogP contribution is 2.20. The molecular formula is C16H24N6O2. The molecule has 3 rings (SSSR count). The van der Waals surface area contributed by atoms with Crippen molar-refractivity contribution in [1.29, 1.82) is 0 Å². The summed E-state index contributed by atoms with van der Waals surface area (Å²) in [6.07, 6.45) is 6.01. The molecule has 2 N–H and O–H groups in total. The number of hydrogen-bond donors (Lipinski definition) is 1. The minimum atomic E-state index is -0.434. The first-order valence-corrected chi connectivity index (χ1v) is 8.50. The SMILES string of the molecule is NC(=O)N1CCC[C@H](C(=O)N2CCCN(c3ncccn3)CC2)C1. The molecule has 130 valence electrons. The van der Waals surface area contributed by atoms with E-state index in [9.17, 15) is 9.59 Å². The van der Waals surface area contributed by atoms with Crippen molar-refractivity contribution < 1.29 is 9.59 Å². The van der Waals surface area contributed by atoms with Crippen molar-refractivity contribution in [2.75, 3.05) is 44.2 Å². The van der Waals surface area contributed by atoms with Crippen molar-refractivity contribution in [3.63, 3.8) is 0 Å². The molecule has 8 heteroatoms. The third kappa shape index (κ3) is 3.74. The van der Waals surface area contributed by atoms with Crippen LogP contribution >= 0.6 is 0 Å². The van der Waals surface area contributed by atoms with Gasteiger partial charge in [0.1, 0.15) is 0 Å². The molecule has 0 spiro atoms. The molecule has 0 saturated carbocycles. The van der Waals surface area contributed by atoms with Gasteiger partial charge in [-0.05, 0) is 25.3 Å². The summed E-state index contributed by atoms with van der Waals surface area (Å²) in [6, 6.07) is 1.36. The van der Waals surface area contributed by atoms with Crippen LogP contribution in [0.1, 0.15) is 19.3 Å². The lowest BCUT2D eigenvalue weighted by Crippen LogP contribution is -2.49. The Balaban J connectivity index is 1.59. The lowest BCUT2D eigenvalue weighted by Gasteiger charge is -2.33. The Morgan fingerprint density at radius 3 is 2.50 bits per heavy atom. The average Bonchev–Trinajstić information content (AvgIpc) is 2.88. The summed E-state index contributed by atoms with van der Waals surface area (Å²) < 4.78 is 0. The topological polar surface area (TPSA) is 95.7 Å². The maximum atomic E-state index is 12.8. The van der Waals surface area contributed by atoms with Crippen LogP contribution in [-0.2, 0) is 4.79 Å². The van der Waals surface area contributed by atoms with Gasteiger partial charge >= 0.3 is 6.03 Å². The number of carbonyl (C=O) groups is 2. The molecule has 2 aliphatic rings. The number of urea groups is 1. The number of hydrogen-bond acceptors (Lipinski definition) is 5. The van der Waals surface area contributed by atoms with Crippen LogP contribution in [0.5, 0.6) is 0 Å². The predicted molar refractivity (Wildman–Crippen MR) is 89.3 cm³/mol. The van der Waals surface area contributed by atoms with Gasteiger partial charge in [-0.2, -0.15) is 0 Å². The van der Waals surface area contributed by atoms with Crippen LogP contribution in [0, 0.1) is 5.92 Å². The molecule has 0 radical (unpaired) electrons. The number of nitrogens with zero attached hydrogens (tertiary/aromatic N) is 5. The first-order valence-electron chi connectivity index (χ1n) is 8.50. The maximum Gasteiger partial charge on any atom is 0.314 e. The minimum Gasteiger partial charge on any atom is -0.351 e. The molecule has 8 nitrogen and oxygen atoms in total. The average molecular weight is 332 g/mol. The monoisotopic (exact) mass is 332 g/mol. The Bertz CT molecular complexity index is 581. The van der Waals surface area contributed by atoms with E-state index < -0.39 is 6.03 Å². The van der Waals surface area contributed by atoms with Crippen molar-refractivity contribution in [2.45, 2.75) is 19.3 Å². The van der Waals surface area contributed by atoms with Crippen molar-refractivity contribution in [3.05, 3.63) is 18.5 Å². The van der Waals surface area contributed by atoms with E-state index in [1.807, 2.05) is 4.90 Å². The second-order valence-electron chi connectivity index (χ2n) is 6.34. The summed E-state index contributed by atoms with van der Waals surface area (Å²) in [7, 11) is 0. The lowest BCUT2D eigenvalue weighted by atomic mass is 9.96. The molecule has 3 amide bonds. The molecule has 1 aromatic rings. The van der Waals surface area contributed by atoms with Gasteiger partial charge in [-0.3, -0.25) is 4.79 Å². The second-order valence-corrected chi connectivity index (χ2v) is 6.34. The van der Waals surface area contributed by atoms with Gasteiger partial charge < -0.3 is 20.4 Å². The van der Waals surface area contributed by atoms with E-state index in [-0.39, 0.29) is 11.8 Å². The van der Waals surface area contributed by atoms with Crippen LogP contribution in [0.25, 0.3) is 0 Å². The highest BCUT2D eigenvalue weighted by molar-refractivity contribution is 5.80. The Morgan fingerprint density at radius 2 is 1.75 bits per heavy atom. The van der Waals surface area contributed by atoms with Crippen molar-refractivity contribution >= 4 is 17.9 Å². The predicted octanol–water partition coefficient (Wildman–Crippen LogP) is 0.306. The fourth-order valence-corrected chi connectivity index (χ4v) is 3.43. The number of nitrogens with two attached hydrogens (primary N) is 1. The number of aromatic nitrogens is 2. The first-order chi connectivity index (χ1) is 11.6. The molecule has 2 aliphatic heterocycles. The number of anilines is 1. The van der Waals surface area contributed by atoms with E-state index in [1.165, 1.54) is 0 Å². The highest BCUT2D eigenvalue weighted by atomic mass is 16.2. The zero-order chi connectivity index (χ0) is 16.9.